The molecule has 4 aliphatic heterocycles. The van der Waals surface area contributed by atoms with Crippen molar-refractivity contribution in [1.82, 2.24) is 0 Å². The molecule has 0 bridgehead atoms. The Morgan fingerprint density at radius 2 is 0.443 bits per heavy atom. The predicted octanol–water partition coefficient (Wildman–Crippen LogP) is 37.8. The summed E-state index contributed by atoms with van der Waals surface area (Å²) in [6.07, 6.45) is 0. The second-order valence-corrected chi connectivity index (χ2v) is 33.5. The molecule has 0 aromatic heterocycles. The van der Waals surface area contributed by atoms with Gasteiger partial charge < -0.3 is 19.6 Å². The van der Waals surface area contributed by atoms with E-state index in [9.17, 15) is 0 Å². The van der Waals surface area contributed by atoms with Gasteiger partial charge in [-0.3, -0.25) is 0 Å². The van der Waals surface area contributed by atoms with Crippen molar-refractivity contribution in [3.05, 3.63) is 385 Å². The number of anilines is 8. The smallest absolute Gasteiger partial charge is 0.0574 e. The van der Waals surface area contributed by atoms with Gasteiger partial charge in [0.1, 0.15) is 0 Å². The standard InChI is InChI=1S/3C28H23N.C27H19N.8C2H6/c1-28(2)22-14-8-6-13-21(22)26-23(28)16-17-25-27(26)20-12-5-4-10-18(20)19-11-7-9-15-24(19)29(25)3;1-28(2)24-14-8-6-12-20(24)22-17-27-23(16-25(22)28)19-11-5-4-10-18(19)21-13-7-9-15-26(21)29(27)3;1-28(2)24-14-8-6-12-20(24)22-16-17-23-19-11-5-4-10-18(19)21-13-7-9-15-25(21)29(3)27(23)26(22)28;1-28-25-17-9-8-13-21(25)20-12-3-6-15-23(20)26-22-14-5-2-10-18(22)19-11-4-7-16-24(19)27(26)28;8*1-2/h3*4-17H,1-3H3;2-17H,1H3;8*1-2H3. The van der Waals surface area contributed by atoms with Crippen molar-refractivity contribution in [3.63, 3.8) is 0 Å². The summed E-state index contributed by atoms with van der Waals surface area (Å²) in [5, 5.41) is 5.22. The average Bonchev–Trinajstić information content (AvgIpc) is 1.56. The van der Waals surface area contributed by atoms with E-state index in [0.717, 1.165) is 0 Å². The molecule has 17 aromatic rings. The number of benzene rings is 17. The van der Waals surface area contributed by atoms with Gasteiger partial charge in [0, 0.05) is 128 Å². The number of nitrogens with zero attached hydrogens (tertiary/aromatic N) is 4. The van der Waals surface area contributed by atoms with Crippen LogP contribution in [-0.2, 0) is 16.2 Å². The lowest BCUT2D eigenvalue weighted by Gasteiger charge is -2.31. The summed E-state index contributed by atoms with van der Waals surface area (Å²) in [7, 11) is 8.82. The van der Waals surface area contributed by atoms with E-state index >= 15 is 0 Å². The summed E-state index contributed by atoms with van der Waals surface area (Å²) in [6.45, 7) is 46.1. The Balaban J connectivity index is 0.000000141. The highest BCUT2D eigenvalue weighted by molar-refractivity contribution is 6.24. The van der Waals surface area contributed by atoms with Gasteiger partial charge in [0.2, 0.25) is 0 Å². The molecule has 0 unspecified atom stereocenters. The molecule has 0 atom stereocenters. The summed E-state index contributed by atoms with van der Waals surface area (Å²) in [4.78, 5) is 9.51. The molecule has 664 valence electrons. The number of hydrogen-bond acceptors (Lipinski definition) is 4. The van der Waals surface area contributed by atoms with E-state index in [2.05, 4.69) is 441 Å². The maximum atomic E-state index is 2.45. The number of hydrogen-bond donors (Lipinski definition) is 0. The SMILES string of the molecule is CC.CC.CC.CC.CC.CC.CC.CC.CN1c2ccccc2-c2ccccc2-c2c1c1ccccc1c1ccccc21.CN1c2ccccc2-c2ccccc2-c2c1ccc1c2-c2ccccc2C1(C)C.CN1c2ccccc2-c2ccccc2-c2cc3c(cc21)-c1ccccc1C3(C)C.CN1c2ccccc2-c2ccccc2-c2ccc3c(c21)C(C)(C)c1ccccc1-3. The van der Waals surface area contributed by atoms with Crippen molar-refractivity contribution in [2.75, 3.05) is 47.8 Å². The van der Waals surface area contributed by atoms with Crippen LogP contribution in [0.1, 0.15) is 186 Å². The van der Waals surface area contributed by atoms with Gasteiger partial charge in [0.25, 0.3) is 0 Å². The van der Waals surface area contributed by atoms with Crippen LogP contribution in [0.15, 0.2) is 352 Å². The highest BCUT2D eigenvalue weighted by Crippen LogP contribution is 2.62. The Morgan fingerprint density at radius 1 is 0.153 bits per heavy atom. The Labute approximate surface area is 785 Å². The molecule has 0 fully saturated rings. The first-order valence-corrected chi connectivity index (χ1v) is 48.6. The molecule has 4 heteroatoms. The summed E-state index contributed by atoms with van der Waals surface area (Å²) in [6, 6.07) is 129. The third-order valence-corrected chi connectivity index (χ3v) is 26.5. The van der Waals surface area contributed by atoms with E-state index in [0.29, 0.717) is 0 Å². The Bertz CT molecular complexity index is 6860. The molecule has 0 saturated heterocycles. The normalized spacial score (nSPS) is 12.9. The van der Waals surface area contributed by atoms with Crippen molar-refractivity contribution in [1.29, 1.82) is 0 Å². The number of rotatable bonds is 0. The van der Waals surface area contributed by atoms with Crippen LogP contribution >= 0.6 is 0 Å². The monoisotopic (exact) mass is 1720 g/mol. The second-order valence-electron chi connectivity index (χ2n) is 33.5. The fourth-order valence-electron chi connectivity index (χ4n) is 21.0. The van der Waals surface area contributed by atoms with Crippen LogP contribution in [0.25, 0.3) is 144 Å². The molecule has 0 amide bonds. The summed E-state index contributed by atoms with van der Waals surface area (Å²) in [5.74, 6) is 0. The van der Waals surface area contributed by atoms with Crippen molar-refractivity contribution >= 4 is 67.0 Å². The molecule has 7 aliphatic rings. The molecule has 17 aromatic carbocycles. The summed E-state index contributed by atoms with van der Waals surface area (Å²) in [5.41, 5.74) is 47.9. The first-order chi connectivity index (χ1) is 64.1. The van der Waals surface area contributed by atoms with E-state index in [4.69, 9.17) is 0 Å². The van der Waals surface area contributed by atoms with E-state index in [1.807, 2.05) is 111 Å². The summed E-state index contributed by atoms with van der Waals surface area (Å²) >= 11 is 0. The fraction of sp³-hybridized carbons (Fsp3) is 0.228. The molecule has 0 saturated carbocycles. The van der Waals surface area contributed by atoms with Gasteiger partial charge >= 0.3 is 0 Å². The first-order valence-electron chi connectivity index (χ1n) is 48.6. The van der Waals surface area contributed by atoms with Crippen molar-refractivity contribution in [2.24, 2.45) is 0 Å². The maximum absolute atomic E-state index is 2.45. The molecule has 4 nitrogen and oxygen atoms in total. The zero-order chi connectivity index (χ0) is 93.9. The minimum absolute atomic E-state index is 0.00757. The van der Waals surface area contributed by atoms with Gasteiger partial charge in [0.15, 0.2) is 0 Å². The van der Waals surface area contributed by atoms with Crippen molar-refractivity contribution < 1.29 is 0 Å². The van der Waals surface area contributed by atoms with E-state index in [-0.39, 0.29) is 16.2 Å². The van der Waals surface area contributed by atoms with Crippen LogP contribution in [0.5, 0.6) is 0 Å². The van der Waals surface area contributed by atoms with Gasteiger partial charge in [-0.15, -0.1) is 0 Å². The van der Waals surface area contributed by atoms with E-state index < -0.39 is 0 Å². The first kappa shape index (κ1) is 95.1. The number of para-hydroxylation sites is 4. The lowest BCUT2D eigenvalue weighted by molar-refractivity contribution is 0.660. The predicted molar refractivity (Wildman–Crippen MR) is 580 cm³/mol. The molecular formula is C127H136N4. The zero-order valence-corrected chi connectivity index (χ0v) is 82.8. The van der Waals surface area contributed by atoms with Crippen LogP contribution in [0, 0.1) is 0 Å². The summed E-state index contributed by atoms with van der Waals surface area (Å²) < 4.78 is 0. The zero-order valence-electron chi connectivity index (χ0n) is 82.8. The molecule has 0 N–H and O–H groups in total. The maximum Gasteiger partial charge on any atom is 0.0574 e. The molecule has 0 spiro atoms. The van der Waals surface area contributed by atoms with Crippen molar-refractivity contribution in [2.45, 2.75) is 169 Å². The fourth-order valence-corrected chi connectivity index (χ4v) is 21.0. The highest BCUT2D eigenvalue weighted by atomic mass is 15.1. The minimum Gasteiger partial charge on any atom is -0.344 e. The molecule has 0 radical (unpaired) electrons. The quantitative estimate of drug-likeness (QED) is 0.140. The third-order valence-electron chi connectivity index (χ3n) is 26.5. The lowest BCUT2D eigenvalue weighted by atomic mass is 9.80. The van der Waals surface area contributed by atoms with Gasteiger partial charge in [0.05, 0.1) is 11.4 Å². The Hall–Kier alpha value is -13.5. The molecule has 24 rings (SSSR count). The highest BCUT2D eigenvalue weighted by Gasteiger charge is 2.43. The largest absolute Gasteiger partial charge is 0.344 e. The van der Waals surface area contributed by atoms with Crippen LogP contribution in [0.3, 0.4) is 0 Å². The minimum atomic E-state index is -0.0419. The Kier molecular flexibility index (Phi) is 29.8. The van der Waals surface area contributed by atoms with Gasteiger partial charge in [-0.05, 0) is 170 Å². The van der Waals surface area contributed by atoms with Crippen LogP contribution in [0.4, 0.5) is 45.5 Å². The van der Waals surface area contributed by atoms with Gasteiger partial charge in [-0.2, -0.15) is 0 Å². The van der Waals surface area contributed by atoms with E-state index in [1.54, 1.807) is 0 Å². The van der Waals surface area contributed by atoms with Gasteiger partial charge in [-0.25, -0.2) is 0 Å². The third kappa shape index (κ3) is 16.1. The topological polar surface area (TPSA) is 13.0 Å². The van der Waals surface area contributed by atoms with Gasteiger partial charge in [-0.1, -0.05) is 462 Å². The average molecular weight is 1720 g/mol. The number of fused-ring (bicyclic) bond motifs is 36. The van der Waals surface area contributed by atoms with Crippen LogP contribution in [-0.4, -0.2) is 28.2 Å². The van der Waals surface area contributed by atoms with Crippen LogP contribution in [0.2, 0.25) is 0 Å². The van der Waals surface area contributed by atoms with Crippen molar-refractivity contribution in [3.8, 4) is 122 Å². The molecule has 131 heavy (non-hydrogen) atoms. The molecule has 3 aliphatic carbocycles. The second kappa shape index (κ2) is 41.1. The lowest BCUT2D eigenvalue weighted by Crippen LogP contribution is -2.21. The molecular weight excluding hydrogens is 1580 g/mol. The Morgan fingerprint density at radius 3 is 0.901 bits per heavy atom. The van der Waals surface area contributed by atoms with Crippen LogP contribution < -0.4 is 19.6 Å². The van der Waals surface area contributed by atoms with E-state index in [1.165, 1.54) is 223 Å². The molecule has 4 heterocycles.